The highest BCUT2D eigenvalue weighted by Gasteiger charge is 2.34. The number of hydrogen-bond acceptors (Lipinski definition) is 5. The minimum atomic E-state index is -0.0153. The number of fused-ring (bicyclic) bond motifs is 3. The van der Waals surface area contributed by atoms with Gasteiger partial charge in [-0.3, -0.25) is 0 Å². The maximum atomic E-state index is 4.79. The molecule has 0 aliphatic carbocycles. The van der Waals surface area contributed by atoms with Crippen molar-refractivity contribution < 1.29 is 0 Å². The Kier molecular flexibility index (Phi) is 3.08. The maximum absolute atomic E-state index is 4.79. The average molecular weight is 305 g/mol. The topological polar surface area (TPSA) is 55.1 Å². The second-order valence-electron chi connectivity index (χ2n) is 7.64. The summed E-state index contributed by atoms with van der Waals surface area (Å²) in [5.41, 5.74) is -0.0153. The summed E-state index contributed by atoms with van der Waals surface area (Å²) >= 11 is 1.71. The number of piperidine rings is 1. The van der Waals surface area contributed by atoms with Gasteiger partial charge in [0.2, 0.25) is 4.96 Å². The normalized spacial score (nSPS) is 29.4. The van der Waals surface area contributed by atoms with Crippen LogP contribution in [0.1, 0.15) is 57.3 Å². The van der Waals surface area contributed by atoms with Crippen molar-refractivity contribution in [2.24, 2.45) is 5.92 Å². The Morgan fingerprint density at radius 3 is 2.57 bits per heavy atom. The molecule has 2 aliphatic rings. The van der Waals surface area contributed by atoms with Crippen molar-refractivity contribution in [2.45, 2.75) is 70.4 Å². The van der Waals surface area contributed by atoms with Crippen LogP contribution in [0.15, 0.2) is 0 Å². The van der Waals surface area contributed by atoms with Gasteiger partial charge in [-0.15, -0.1) is 10.2 Å². The van der Waals surface area contributed by atoms with Gasteiger partial charge in [0.1, 0.15) is 5.01 Å². The van der Waals surface area contributed by atoms with Crippen LogP contribution in [0.5, 0.6) is 0 Å². The number of hydrogen-bond donors (Lipinski definition) is 1. The molecule has 4 heterocycles. The van der Waals surface area contributed by atoms with Crippen molar-refractivity contribution in [1.29, 1.82) is 0 Å². The lowest BCUT2D eigenvalue weighted by Gasteiger charge is -2.28. The van der Waals surface area contributed by atoms with Gasteiger partial charge in [0.05, 0.1) is 0 Å². The first-order chi connectivity index (χ1) is 9.99. The zero-order valence-corrected chi connectivity index (χ0v) is 13.8. The van der Waals surface area contributed by atoms with Crippen LogP contribution in [0.4, 0.5) is 0 Å². The minimum absolute atomic E-state index is 0.0153. The van der Waals surface area contributed by atoms with Crippen LogP contribution < -0.4 is 5.32 Å². The fraction of sp³-hybridized carbons (Fsp3) is 0.800. The van der Waals surface area contributed by atoms with E-state index in [1.807, 2.05) is 4.52 Å². The van der Waals surface area contributed by atoms with E-state index >= 15 is 0 Å². The van der Waals surface area contributed by atoms with Crippen LogP contribution in [0.3, 0.4) is 0 Å². The monoisotopic (exact) mass is 305 g/mol. The van der Waals surface area contributed by atoms with Gasteiger partial charge in [0, 0.05) is 23.9 Å². The first kappa shape index (κ1) is 13.6. The molecule has 2 aliphatic heterocycles. The molecule has 2 aromatic rings. The Bertz CT molecular complexity index is 641. The van der Waals surface area contributed by atoms with Gasteiger partial charge in [0.25, 0.3) is 0 Å². The molecule has 0 saturated carbocycles. The SMILES string of the molecule is CC(C)(C)c1nnc2sc(CC3CC4CCC(C3)N4)nn12. The second kappa shape index (κ2) is 4.74. The van der Waals surface area contributed by atoms with E-state index in [1.165, 1.54) is 30.7 Å². The van der Waals surface area contributed by atoms with Crippen LogP contribution in [0.2, 0.25) is 0 Å². The van der Waals surface area contributed by atoms with Gasteiger partial charge < -0.3 is 5.32 Å². The predicted octanol–water partition coefficient (Wildman–Crippen LogP) is 2.56. The standard InChI is InChI=1S/C15H23N5S/c1-15(2,3)13-17-18-14-20(13)19-12(21-14)8-9-6-10-4-5-11(7-9)16-10/h9-11,16H,4-8H2,1-3H3. The minimum Gasteiger partial charge on any atom is -0.311 e. The molecule has 2 bridgehead atoms. The molecular formula is C15H23N5S. The van der Waals surface area contributed by atoms with E-state index in [1.54, 1.807) is 11.3 Å². The van der Waals surface area contributed by atoms with E-state index in [-0.39, 0.29) is 5.41 Å². The van der Waals surface area contributed by atoms with Crippen LogP contribution >= 0.6 is 11.3 Å². The van der Waals surface area contributed by atoms with Crippen molar-refractivity contribution in [1.82, 2.24) is 25.1 Å². The highest BCUT2D eigenvalue weighted by Crippen LogP contribution is 2.33. The third kappa shape index (κ3) is 2.48. The van der Waals surface area contributed by atoms with Crippen LogP contribution in [-0.4, -0.2) is 31.9 Å². The molecule has 2 atom stereocenters. The number of aromatic nitrogens is 4. The smallest absolute Gasteiger partial charge is 0.234 e. The molecule has 2 aromatic heterocycles. The summed E-state index contributed by atoms with van der Waals surface area (Å²) in [5.74, 6) is 1.75. The van der Waals surface area contributed by atoms with E-state index in [9.17, 15) is 0 Å². The Morgan fingerprint density at radius 2 is 1.90 bits per heavy atom. The lowest BCUT2D eigenvalue weighted by Crippen LogP contribution is -2.38. The van der Waals surface area contributed by atoms with Crippen LogP contribution in [0.25, 0.3) is 4.96 Å². The van der Waals surface area contributed by atoms with Crippen LogP contribution in [0, 0.1) is 5.92 Å². The zero-order valence-electron chi connectivity index (χ0n) is 13.0. The van der Waals surface area contributed by atoms with Gasteiger partial charge in [-0.2, -0.15) is 9.61 Å². The summed E-state index contributed by atoms with van der Waals surface area (Å²) in [6.45, 7) is 6.48. The molecule has 0 spiro atoms. The van der Waals surface area contributed by atoms with E-state index in [0.717, 1.165) is 35.2 Å². The summed E-state index contributed by atoms with van der Waals surface area (Å²) in [4.78, 5) is 0.937. The van der Waals surface area contributed by atoms with Gasteiger partial charge in [0.15, 0.2) is 5.82 Å². The first-order valence-corrected chi connectivity index (χ1v) is 8.78. The molecule has 114 valence electrons. The number of nitrogens with one attached hydrogen (secondary N) is 1. The molecule has 0 radical (unpaired) electrons. The molecule has 21 heavy (non-hydrogen) atoms. The number of rotatable bonds is 2. The Labute approximate surface area is 129 Å². The fourth-order valence-corrected chi connectivity index (χ4v) is 4.74. The molecule has 1 N–H and O–H groups in total. The quantitative estimate of drug-likeness (QED) is 0.926. The Hall–Kier alpha value is -1.01. The summed E-state index contributed by atoms with van der Waals surface area (Å²) < 4.78 is 1.95. The van der Waals surface area contributed by atoms with E-state index in [2.05, 4.69) is 36.3 Å². The first-order valence-electron chi connectivity index (χ1n) is 7.96. The van der Waals surface area contributed by atoms with Gasteiger partial charge in [-0.25, -0.2) is 0 Å². The highest BCUT2D eigenvalue weighted by molar-refractivity contribution is 7.16. The molecule has 0 aromatic carbocycles. The molecule has 2 saturated heterocycles. The Morgan fingerprint density at radius 1 is 1.19 bits per heavy atom. The summed E-state index contributed by atoms with van der Waals surface area (Å²) in [7, 11) is 0. The summed E-state index contributed by atoms with van der Waals surface area (Å²) in [6, 6.07) is 1.51. The van der Waals surface area contributed by atoms with Gasteiger partial charge in [-0.05, 0) is 31.6 Å². The highest BCUT2D eigenvalue weighted by atomic mass is 32.1. The molecule has 6 heteroatoms. The summed E-state index contributed by atoms with van der Waals surface area (Å²) in [6.07, 6.45) is 6.44. The van der Waals surface area contributed by atoms with Crippen molar-refractivity contribution in [3.8, 4) is 0 Å². The lowest BCUT2D eigenvalue weighted by atomic mass is 9.90. The van der Waals surface area contributed by atoms with Crippen LogP contribution in [-0.2, 0) is 11.8 Å². The second-order valence-corrected chi connectivity index (χ2v) is 8.68. The molecule has 4 rings (SSSR count). The van der Waals surface area contributed by atoms with Gasteiger partial charge >= 0.3 is 0 Å². The third-order valence-corrected chi connectivity index (χ3v) is 5.66. The fourth-order valence-electron chi connectivity index (χ4n) is 3.80. The van der Waals surface area contributed by atoms with Crippen molar-refractivity contribution in [3.05, 3.63) is 10.8 Å². The maximum Gasteiger partial charge on any atom is 0.234 e. The molecule has 2 fully saturated rings. The predicted molar refractivity (Wildman–Crippen MR) is 83.7 cm³/mol. The molecular weight excluding hydrogens is 282 g/mol. The average Bonchev–Trinajstić information content (AvgIpc) is 3.02. The van der Waals surface area contributed by atoms with E-state index in [0.29, 0.717) is 0 Å². The van der Waals surface area contributed by atoms with Crippen molar-refractivity contribution >= 4 is 16.3 Å². The van der Waals surface area contributed by atoms with Gasteiger partial charge in [-0.1, -0.05) is 32.1 Å². The summed E-state index contributed by atoms with van der Waals surface area (Å²) in [5, 5.41) is 18.3. The zero-order chi connectivity index (χ0) is 14.6. The molecule has 5 nitrogen and oxygen atoms in total. The third-order valence-electron chi connectivity index (χ3n) is 4.74. The van der Waals surface area contributed by atoms with Crippen molar-refractivity contribution in [3.63, 3.8) is 0 Å². The Balaban J connectivity index is 1.56. The molecule has 2 unspecified atom stereocenters. The van der Waals surface area contributed by atoms with E-state index < -0.39 is 0 Å². The lowest BCUT2D eigenvalue weighted by molar-refractivity contribution is 0.297. The van der Waals surface area contributed by atoms with E-state index in [4.69, 9.17) is 5.10 Å². The largest absolute Gasteiger partial charge is 0.311 e. The number of nitrogens with zero attached hydrogens (tertiary/aromatic N) is 4. The molecule has 0 amide bonds. The van der Waals surface area contributed by atoms with Crippen molar-refractivity contribution in [2.75, 3.05) is 0 Å².